The van der Waals surface area contributed by atoms with Crippen LogP contribution in [0.25, 0.3) is 10.9 Å². The molecule has 0 spiro atoms. The number of fused-ring (bicyclic) bond motifs is 1. The van der Waals surface area contributed by atoms with E-state index >= 15 is 0 Å². The van der Waals surface area contributed by atoms with Crippen LogP contribution in [-0.2, 0) is 0 Å². The van der Waals surface area contributed by atoms with Crippen LogP contribution in [0.1, 0.15) is 5.69 Å². The molecule has 0 unspecified atom stereocenters. The minimum absolute atomic E-state index is 0.207. The number of anilines is 2. The van der Waals surface area contributed by atoms with E-state index in [2.05, 4.69) is 25.9 Å². The van der Waals surface area contributed by atoms with Gasteiger partial charge in [0.15, 0.2) is 0 Å². The molecule has 4 N–H and O–H groups in total. The first kappa shape index (κ1) is 19.8. The zero-order valence-corrected chi connectivity index (χ0v) is 16.7. The highest BCUT2D eigenvalue weighted by atomic mass is 16.5. The summed E-state index contributed by atoms with van der Waals surface area (Å²) < 4.78 is 5.81. The first-order valence-corrected chi connectivity index (χ1v) is 9.54. The number of amides is 2. The Morgan fingerprint density at radius 1 is 0.871 bits per heavy atom. The number of pyridine rings is 2. The maximum atomic E-state index is 12.3. The average molecular weight is 412 g/mol. The smallest absolute Gasteiger partial charge is 0.323 e. The van der Waals surface area contributed by atoms with Crippen molar-refractivity contribution in [3.8, 4) is 11.5 Å². The molecule has 0 saturated carbocycles. The topological polar surface area (TPSA) is 112 Å². The summed E-state index contributed by atoms with van der Waals surface area (Å²) in [4.78, 5) is 20.7. The zero-order valence-electron chi connectivity index (χ0n) is 16.7. The van der Waals surface area contributed by atoms with Crippen molar-refractivity contribution in [1.82, 2.24) is 15.3 Å². The van der Waals surface area contributed by atoms with Crippen LogP contribution < -0.4 is 20.7 Å². The van der Waals surface area contributed by atoms with Gasteiger partial charge in [0.1, 0.15) is 23.0 Å². The van der Waals surface area contributed by atoms with Crippen molar-refractivity contribution in [3.63, 3.8) is 0 Å². The van der Waals surface area contributed by atoms with Crippen molar-refractivity contribution in [2.45, 2.75) is 0 Å². The van der Waals surface area contributed by atoms with Crippen LogP contribution in [0.4, 0.5) is 16.2 Å². The lowest BCUT2D eigenvalue weighted by molar-refractivity contribution is 0.262. The molecule has 0 aliphatic heterocycles. The number of nitrogens with zero attached hydrogens (tertiary/aromatic N) is 2. The maximum absolute atomic E-state index is 12.3. The Morgan fingerprint density at radius 3 is 2.45 bits per heavy atom. The summed E-state index contributed by atoms with van der Waals surface area (Å²) >= 11 is 0. The van der Waals surface area contributed by atoms with Crippen molar-refractivity contribution in [1.29, 1.82) is 5.41 Å². The standard InChI is InChI=1S/C23H20N6O2/c1-25-22(24)21-14-19(10-12-27-21)31-18-7-4-16(5-8-18)28-23(30)29-17-6-9-20-15(13-17)3-2-11-26-20/h2-14H,1H3,(H2,24,25)(H2,28,29,30). The molecule has 4 rings (SSSR count). The molecule has 154 valence electrons. The summed E-state index contributed by atoms with van der Waals surface area (Å²) in [6.45, 7) is 0. The lowest BCUT2D eigenvalue weighted by Gasteiger charge is -2.10. The Morgan fingerprint density at radius 2 is 1.65 bits per heavy atom. The molecule has 2 aromatic heterocycles. The van der Waals surface area contributed by atoms with Crippen molar-refractivity contribution in [3.05, 3.63) is 84.8 Å². The molecule has 0 atom stereocenters. The Bertz CT molecular complexity index is 1240. The van der Waals surface area contributed by atoms with Gasteiger partial charge in [0.25, 0.3) is 0 Å². The second kappa shape index (κ2) is 8.91. The highest BCUT2D eigenvalue weighted by Crippen LogP contribution is 2.23. The molecule has 4 aromatic rings. The number of carbonyl (C=O) groups excluding carboxylic acids is 1. The highest BCUT2D eigenvalue weighted by molar-refractivity contribution is 6.01. The zero-order chi connectivity index (χ0) is 21.6. The molecule has 0 fully saturated rings. The van der Waals surface area contributed by atoms with Gasteiger partial charge in [-0.15, -0.1) is 0 Å². The van der Waals surface area contributed by atoms with Gasteiger partial charge >= 0.3 is 6.03 Å². The fraction of sp³-hybridized carbons (Fsp3) is 0.0435. The minimum Gasteiger partial charge on any atom is -0.457 e. The minimum atomic E-state index is -0.346. The third-order valence-electron chi connectivity index (χ3n) is 4.45. The number of carbonyl (C=O) groups is 1. The summed E-state index contributed by atoms with van der Waals surface area (Å²) in [6, 6.07) is 19.4. The molecule has 8 heteroatoms. The Labute approximate surface area is 178 Å². The van der Waals surface area contributed by atoms with Crippen LogP contribution in [0, 0.1) is 5.41 Å². The van der Waals surface area contributed by atoms with Gasteiger partial charge in [0, 0.05) is 42.3 Å². The first-order chi connectivity index (χ1) is 15.1. The van der Waals surface area contributed by atoms with Gasteiger partial charge in [-0.05, 0) is 54.6 Å². The molecule has 0 aliphatic rings. The predicted octanol–water partition coefficient (Wildman–Crippen LogP) is 4.61. The number of rotatable bonds is 5. The van der Waals surface area contributed by atoms with E-state index in [-0.39, 0.29) is 11.9 Å². The molecule has 2 amide bonds. The summed E-state index contributed by atoms with van der Waals surface area (Å²) in [5.41, 5.74) is 2.66. The van der Waals surface area contributed by atoms with E-state index in [1.54, 1.807) is 55.8 Å². The first-order valence-electron chi connectivity index (χ1n) is 9.54. The lowest BCUT2D eigenvalue weighted by atomic mass is 10.2. The number of hydrogen-bond donors (Lipinski definition) is 4. The van der Waals surface area contributed by atoms with Gasteiger partial charge in [-0.3, -0.25) is 15.4 Å². The number of ether oxygens (including phenoxy) is 1. The Kier molecular flexibility index (Phi) is 5.70. The van der Waals surface area contributed by atoms with Crippen LogP contribution in [-0.4, -0.2) is 28.9 Å². The molecule has 0 bridgehead atoms. The van der Waals surface area contributed by atoms with E-state index in [1.807, 2.05) is 30.3 Å². The molecular weight excluding hydrogens is 392 g/mol. The Balaban J connectivity index is 1.37. The van der Waals surface area contributed by atoms with Crippen molar-refractivity contribution >= 4 is 34.1 Å². The van der Waals surface area contributed by atoms with Crippen LogP contribution in [0.2, 0.25) is 0 Å². The van der Waals surface area contributed by atoms with Crippen LogP contribution >= 0.6 is 0 Å². The molecule has 0 radical (unpaired) electrons. The lowest BCUT2D eigenvalue weighted by Crippen LogP contribution is -2.19. The van der Waals surface area contributed by atoms with Crippen LogP contribution in [0.5, 0.6) is 11.5 Å². The van der Waals surface area contributed by atoms with E-state index in [1.165, 1.54) is 0 Å². The average Bonchev–Trinajstić information content (AvgIpc) is 2.80. The van der Waals surface area contributed by atoms with Gasteiger partial charge in [0.05, 0.1) is 5.52 Å². The van der Waals surface area contributed by atoms with Gasteiger partial charge in [0.2, 0.25) is 0 Å². The fourth-order valence-electron chi connectivity index (χ4n) is 2.93. The van der Waals surface area contributed by atoms with Crippen molar-refractivity contribution in [2.75, 3.05) is 17.7 Å². The third kappa shape index (κ3) is 4.94. The maximum Gasteiger partial charge on any atom is 0.323 e. The van der Waals surface area contributed by atoms with Gasteiger partial charge in [-0.2, -0.15) is 0 Å². The molecule has 0 saturated heterocycles. The molecular formula is C23H20N6O2. The number of amidine groups is 1. The quantitative estimate of drug-likeness (QED) is 0.282. The number of aromatic nitrogens is 2. The summed E-state index contributed by atoms with van der Waals surface area (Å²) in [5.74, 6) is 1.37. The van der Waals surface area contributed by atoms with E-state index in [4.69, 9.17) is 10.1 Å². The second-order valence-corrected chi connectivity index (χ2v) is 6.62. The van der Waals surface area contributed by atoms with Crippen molar-refractivity contribution < 1.29 is 9.53 Å². The molecule has 8 nitrogen and oxygen atoms in total. The number of urea groups is 1. The van der Waals surface area contributed by atoms with Crippen LogP contribution in [0.15, 0.2) is 79.1 Å². The molecule has 0 aliphatic carbocycles. The molecule has 31 heavy (non-hydrogen) atoms. The number of nitrogens with one attached hydrogen (secondary N) is 4. The van der Waals surface area contributed by atoms with Crippen molar-refractivity contribution in [2.24, 2.45) is 0 Å². The van der Waals surface area contributed by atoms with E-state index < -0.39 is 0 Å². The van der Waals surface area contributed by atoms with Gasteiger partial charge in [-0.1, -0.05) is 6.07 Å². The van der Waals surface area contributed by atoms with E-state index in [0.29, 0.717) is 28.6 Å². The summed E-state index contributed by atoms with van der Waals surface area (Å²) in [5, 5.41) is 17.1. The number of hydrogen-bond acceptors (Lipinski definition) is 5. The third-order valence-corrected chi connectivity index (χ3v) is 4.45. The normalized spacial score (nSPS) is 10.4. The highest BCUT2D eigenvalue weighted by Gasteiger charge is 2.06. The van der Waals surface area contributed by atoms with Crippen LogP contribution in [0.3, 0.4) is 0 Å². The monoisotopic (exact) mass is 412 g/mol. The molecule has 2 heterocycles. The largest absolute Gasteiger partial charge is 0.457 e. The van der Waals surface area contributed by atoms with Gasteiger partial charge < -0.3 is 20.7 Å². The Hall–Kier alpha value is -4.46. The SMILES string of the molecule is CNC(=N)c1cc(Oc2ccc(NC(=O)Nc3ccc4ncccc4c3)cc2)ccn1. The summed E-state index contributed by atoms with van der Waals surface area (Å²) in [6.07, 6.45) is 3.32. The van der Waals surface area contributed by atoms with Gasteiger partial charge in [-0.25, -0.2) is 4.79 Å². The second-order valence-electron chi connectivity index (χ2n) is 6.62. The summed E-state index contributed by atoms with van der Waals surface area (Å²) in [7, 11) is 1.66. The van der Waals surface area contributed by atoms with E-state index in [0.717, 1.165) is 10.9 Å². The van der Waals surface area contributed by atoms with E-state index in [9.17, 15) is 4.79 Å². The predicted molar refractivity (Wildman–Crippen MR) is 121 cm³/mol. The number of benzene rings is 2. The fourth-order valence-corrected chi connectivity index (χ4v) is 2.93. The molecule has 2 aromatic carbocycles.